The Morgan fingerprint density at radius 2 is 2.06 bits per heavy atom. The van der Waals surface area contributed by atoms with Gasteiger partial charge in [0.25, 0.3) is 5.91 Å². The van der Waals surface area contributed by atoms with E-state index in [4.69, 9.17) is 0 Å². The average molecular weight is 223 g/mol. The van der Waals surface area contributed by atoms with Gasteiger partial charge in [0.05, 0.1) is 5.56 Å². The number of nitro groups is 1. The van der Waals surface area contributed by atoms with Gasteiger partial charge < -0.3 is 10.1 Å². The van der Waals surface area contributed by atoms with Crippen molar-refractivity contribution in [2.24, 2.45) is 0 Å². The molecule has 7 heteroatoms. The first-order valence-electron chi connectivity index (χ1n) is 4.35. The molecule has 0 fully saturated rings. The van der Waals surface area contributed by atoms with Crippen LogP contribution in [0.15, 0.2) is 12.1 Å². The number of rotatable bonds is 2. The molecule has 0 saturated carbocycles. The van der Waals surface area contributed by atoms with Crippen LogP contribution in [0.4, 0.5) is 5.82 Å². The van der Waals surface area contributed by atoms with Crippen LogP contribution in [0.25, 0.3) is 0 Å². The summed E-state index contributed by atoms with van der Waals surface area (Å²) < 4.78 is 0. The fraction of sp³-hybridized carbons (Fsp3) is 0.222. The minimum absolute atomic E-state index is 0.0365. The molecule has 0 spiro atoms. The van der Waals surface area contributed by atoms with Crippen molar-refractivity contribution in [3.8, 4) is 0 Å². The summed E-state index contributed by atoms with van der Waals surface area (Å²) in [6.45, 7) is 2.71. The van der Waals surface area contributed by atoms with Crippen molar-refractivity contribution >= 4 is 17.6 Å². The maximum atomic E-state index is 11.4. The molecule has 0 aliphatic rings. The summed E-state index contributed by atoms with van der Waals surface area (Å²) >= 11 is 0. The van der Waals surface area contributed by atoms with E-state index in [-0.39, 0.29) is 5.56 Å². The van der Waals surface area contributed by atoms with E-state index in [1.165, 1.54) is 19.9 Å². The predicted molar refractivity (Wildman–Crippen MR) is 53.8 cm³/mol. The van der Waals surface area contributed by atoms with Gasteiger partial charge in [0.2, 0.25) is 5.91 Å². The lowest BCUT2D eigenvalue weighted by molar-refractivity contribution is -0.389. The quantitative estimate of drug-likeness (QED) is 0.583. The molecular formula is C9H9N3O4. The van der Waals surface area contributed by atoms with Crippen LogP contribution in [0.2, 0.25) is 0 Å². The van der Waals surface area contributed by atoms with Crippen LogP contribution in [0.1, 0.15) is 23.0 Å². The Kier molecular flexibility index (Phi) is 3.29. The van der Waals surface area contributed by atoms with Crippen molar-refractivity contribution in [3.05, 3.63) is 33.5 Å². The van der Waals surface area contributed by atoms with Gasteiger partial charge in [-0.2, -0.15) is 0 Å². The first kappa shape index (κ1) is 11.8. The van der Waals surface area contributed by atoms with Crippen molar-refractivity contribution in [2.75, 3.05) is 0 Å². The maximum Gasteiger partial charge on any atom is 0.364 e. The van der Waals surface area contributed by atoms with Crippen molar-refractivity contribution in [1.29, 1.82) is 0 Å². The van der Waals surface area contributed by atoms with Crippen LogP contribution in [0.3, 0.4) is 0 Å². The Hall–Kier alpha value is -2.31. The minimum atomic E-state index is -0.697. The molecule has 1 aromatic rings. The Morgan fingerprint density at radius 1 is 1.44 bits per heavy atom. The second kappa shape index (κ2) is 4.47. The van der Waals surface area contributed by atoms with Gasteiger partial charge in [-0.1, -0.05) is 0 Å². The summed E-state index contributed by atoms with van der Waals surface area (Å²) in [5.41, 5.74) is 0.373. The summed E-state index contributed by atoms with van der Waals surface area (Å²) in [5, 5.41) is 12.5. The number of aryl methyl sites for hydroxylation is 1. The molecule has 0 aliphatic heterocycles. The molecule has 0 atom stereocenters. The molecule has 0 unspecified atom stereocenters. The summed E-state index contributed by atoms with van der Waals surface area (Å²) in [6, 6.07) is 2.39. The van der Waals surface area contributed by atoms with E-state index in [0.29, 0.717) is 5.69 Å². The molecule has 1 aromatic heterocycles. The smallest absolute Gasteiger partial charge is 0.358 e. The molecule has 0 radical (unpaired) electrons. The lowest BCUT2D eigenvalue weighted by Crippen LogP contribution is -2.28. The Balaban J connectivity index is 3.09. The molecular weight excluding hydrogens is 214 g/mol. The standard InChI is InChI=1S/C9H9N3O4/c1-5-3-7(9(14)11-6(2)13)4-8(10-5)12(15)16/h3-4H,1-2H3,(H,11,13,14). The number of hydrogen-bond acceptors (Lipinski definition) is 5. The summed E-state index contributed by atoms with van der Waals surface area (Å²) in [4.78, 5) is 35.5. The van der Waals surface area contributed by atoms with Gasteiger partial charge in [0.15, 0.2) is 5.69 Å². The van der Waals surface area contributed by atoms with Crippen LogP contribution in [0, 0.1) is 17.0 Å². The Labute approximate surface area is 90.6 Å². The van der Waals surface area contributed by atoms with Gasteiger partial charge in [-0.15, -0.1) is 0 Å². The first-order chi connectivity index (χ1) is 7.40. The molecule has 7 nitrogen and oxygen atoms in total. The number of pyridine rings is 1. The minimum Gasteiger partial charge on any atom is -0.358 e. The van der Waals surface area contributed by atoms with Crippen molar-refractivity contribution in [3.63, 3.8) is 0 Å². The summed E-state index contributed by atoms with van der Waals surface area (Å²) in [5.74, 6) is -1.63. The Morgan fingerprint density at radius 3 is 2.56 bits per heavy atom. The van der Waals surface area contributed by atoms with E-state index >= 15 is 0 Å². The van der Waals surface area contributed by atoms with Crippen LogP contribution in [0.5, 0.6) is 0 Å². The zero-order valence-electron chi connectivity index (χ0n) is 8.68. The number of imide groups is 1. The molecule has 0 aliphatic carbocycles. The largest absolute Gasteiger partial charge is 0.364 e. The molecule has 1 rings (SSSR count). The topological polar surface area (TPSA) is 102 Å². The number of amides is 2. The van der Waals surface area contributed by atoms with Crippen LogP contribution >= 0.6 is 0 Å². The average Bonchev–Trinajstić information content (AvgIpc) is 2.15. The van der Waals surface area contributed by atoms with Gasteiger partial charge in [0.1, 0.15) is 0 Å². The van der Waals surface area contributed by atoms with E-state index in [2.05, 4.69) is 4.98 Å². The highest BCUT2D eigenvalue weighted by molar-refractivity contribution is 6.04. The number of carbonyl (C=O) groups excluding carboxylic acids is 2. The SMILES string of the molecule is CC(=O)NC(=O)c1cc(C)nc([N+](=O)[O-])c1. The van der Waals surface area contributed by atoms with E-state index in [9.17, 15) is 19.7 Å². The highest BCUT2D eigenvalue weighted by Crippen LogP contribution is 2.12. The summed E-state index contributed by atoms with van der Waals surface area (Å²) in [7, 11) is 0. The zero-order chi connectivity index (χ0) is 12.3. The maximum absolute atomic E-state index is 11.4. The van der Waals surface area contributed by atoms with Crippen LogP contribution < -0.4 is 5.32 Å². The van der Waals surface area contributed by atoms with E-state index in [1.807, 2.05) is 5.32 Å². The van der Waals surface area contributed by atoms with Crippen LogP contribution in [-0.4, -0.2) is 21.7 Å². The van der Waals surface area contributed by atoms with Crippen molar-refractivity contribution < 1.29 is 14.5 Å². The fourth-order valence-corrected chi connectivity index (χ4v) is 1.11. The number of aromatic nitrogens is 1. The van der Waals surface area contributed by atoms with Gasteiger partial charge in [0, 0.05) is 19.9 Å². The first-order valence-corrected chi connectivity index (χ1v) is 4.35. The normalized spacial score (nSPS) is 9.62. The lowest BCUT2D eigenvalue weighted by atomic mass is 10.2. The highest BCUT2D eigenvalue weighted by Gasteiger charge is 2.15. The summed E-state index contributed by atoms with van der Waals surface area (Å²) in [6.07, 6.45) is 0. The molecule has 84 valence electrons. The molecule has 16 heavy (non-hydrogen) atoms. The van der Waals surface area contributed by atoms with Gasteiger partial charge in [-0.05, 0) is 16.0 Å². The molecule has 0 bridgehead atoms. The number of carbonyl (C=O) groups is 2. The Bertz CT molecular complexity index is 470. The molecule has 1 heterocycles. The van der Waals surface area contributed by atoms with Crippen LogP contribution in [-0.2, 0) is 4.79 Å². The fourth-order valence-electron chi connectivity index (χ4n) is 1.11. The predicted octanol–water partition coefficient (Wildman–Crippen LogP) is 0.575. The number of nitrogens with one attached hydrogen (secondary N) is 1. The second-order valence-electron chi connectivity index (χ2n) is 3.12. The monoisotopic (exact) mass is 223 g/mol. The third-order valence-corrected chi connectivity index (χ3v) is 1.68. The second-order valence-corrected chi connectivity index (χ2v) is 3.12. The van der Waals surface area contributed by atoms with Gasteiger partial charge >= 0.3 is 5.82 Å². The van der Waals surface area contributed by atoms with E-state index < -0.39 is 22.6 Å². The molecule has 2 amide bonds. The molecule has 1 N–H and O–H groups in total. The van der Waals surface area contributed by atoms with E-state index in [1.54, 1.807) is 0 Å². The third kappa shape index (κ3) is 2.84. The van der Waals surface area contributed by atoms with Gasteiger partial charge in [-0.25, -0.2) is 0 Å². The number of nitrogens with zero attached hydrogens (tertiary/aromatic N) is 2. The highest BCUT2D eigenvalue weighted by atomic mass is 16.6. The van der Waals surface area contributed by atoms with Crippen molar-refractivity contribution in [1.82, 2.24) is 10.3 Å². The van der Waals surface area contributed by atoms with Gasteiger partial charge in [-0.3, -0.25) is 14.9 Å². The number of hydrogen-bond donors (Lipinski definition) is 1. The molecule has 0 saturated heterocycles. The molecule has 0 aromatic carbocycles. The van der Waals surface area contributed by atoms with Crippen molar-refractivity contribution in [2.45, 2.75) is 13.8 Å². The lowest BCUT2D eigenvalue weighted by Gasteiger charge is -2.01. The zero-order valence-corrected chi connectivity index (χ0v) is 8.68. The third-order valence-electron chi connectivity index (χ3n) is 1.68. The van der Waals surface area contributed by atoms with E-state index in [0.717, 1.165) is 6.07 Å².